The van der Waals surface area contributed by atoms with Gasteiger partial charge in [-0.3, -0.25) is 9.89 Å². The van der Waals surface area contributed by atoms with Crippen molar-refractivity contribution < 1.29 is 4.39 Å². The van der Waals surface area contributed by atoms with Crippen LogP contribution in [0.1, 0.15) is 12.0 Å². The van der Waals surface area contributed by atoms with Crippen LogP contribution in [0.15, 0.2) is 47.7 Å². The van der Waals surface area contributed by atoms with E-state index in [1.807, 2.05) is 29.9 Å². The molecule has 6 nitrogen and oxygen atoms in total. The predicted octanol–water partition coefficient (Wildman–Crippen LogP) is 2.04. The second-order valence-corrected chi connectivity index (χ2v) is 7.17. The Morgan fingerprint density at radius 3 is 2.57 bits per heavy atom. The molecule has 2 N–H and O–H groups in total. The number of rotatable bonds is 7. The zero-order valence-electron chi connectivity index (χ0n) is 16.9. The third-order valence-corrected chi connectivity index (χ3v) is 5.09. The lowest BCUT2D eigenvalue weighted by Crippen LogP contribution is -2.47. The van der Waals surface area contributed by atoms with E-state index in [9.17, 15) is 4.39 Å². The van der Waals surface area contributed by atoms with E-state index in [0.29, 0.717) is 0 Å². The van der Waals surface area contributed by atoms with E-state index in [4.69, 9.17) is 0 Å². The van der Waals surface area contributed by atoms with Crippen molar-refractivity contribution in [1.29, 1.82) is 0 Å². The van der Waals surface area contributed by atoms with Crippen LogP contribution in [-0.2, 0) is 13.6 Å². The van der Waals surface area contributed by atoms with E-state index in [-0.39, 0.29) is 5.82 Å². The summed E-state index contributed by atoms with van der Waals surface area (Å²) in [5.74, 6) is 0.697. The van der Waals surface area contributed by atoms with Gasteiger partial charge in [0.1, 0.15) is 5.82 Å². The van der Waals surface area contributed by atoms with Crippen LogP contribution in [0.2, 0.25) is 0 Å². The van der Waals surface area contributed by atoms with E-state index >= 15 is 0 Å². The Morgan fingerprint density at radius 1 is 1.11 bits per heavy atom. The van der Waals surface area contributed by atoms with E-state index < -0.39 is 0 Å². The molecule has 2 heterocycles. The van der Waals surface area contributed by atoms with Crippen molar-refractivity contribution in [3.63, 3.8) is 0 Å². The fourth-order valence-corrected chi connectivity index (χ4v) is 3.50. The Balaban J connectivity index is 1.31. The number of anilines is 1. The van der Waals surface area contributed by atoms with Gasteiger partial charge in [0.15, 0.2) is 5.96 Å². The molecular weight excluding hydrogens is 355 g/mol. The van der Waals surface area contributed by atoms with Gasteiger partial charge in [0.2, 0.25) is 0 Å². The van der Waals surface area contributed by atoms with E-state index in [0.717, 1.165) is 63.9 Å². The molecule has 1 aromatic carbocycles. The average molecular weight is 387 g/mol. The highest BCUT2D eigenvalue weighted by Gasteiger charge is 2.18. The largest absolute Gasteiger partial charge is 0.367 e. The molecule has 1 saturated heterocycles. The van der Waals surface area contributed by atoms with Crippen molar-refractivity contribution in [3.05, 3.63) is 54.1 Å². The first-order valence-electron chi connectivity index (χ1n) is 9.93. The van der Waals surface area contributed by atoms with Gasteiger partial charge in [0.25, 0.3) is 0 Å². The van der Waals surface area contributed by atoms with Crippen molar-refractivity contribution in [2.45, 2.75) is 13.0 Å². The van der Waals surface area contributed by atoms with E-state index in [1.54, 1.807) is 13.1 Å². The summed E-state index contributed by atoms with van der Waals surface area (Å²) in [6, 6.07) is 9.14. The lowest BCUT2D eigenvalue weighted by Gasteiger charge is -2.36. The molecule has 0 saturated carbocycles. The average Bonchev–Trinajstić information content (AvgIpc) is 3.13. The van der Waals surface area contributed by atoms with Crippen LogP contribution in [-0.4, -0.2) is 61.7 Å². The SMILES string of the molecule is CN=C(NCCCN1CCN(c2ccccc2F)CC1)NCc1ccn(C)c1. The summed E-state index contributed by atoms with van der Waals surface area (Å²) in [6.07, 6.45) is 5.19. The minimum absolute atomic E-state index is 0.130. The number of halogens is 1. The molecule has 152 valence electrons. The molecule has 1 aliphatic rings. The number of aromatic nitrogens is 1. The minimum atomic E-state index is -0.130. The van der Waals surface area contributed by atoms with Gasteiger partial charge < -0.3 is 20.1 Å². The minimum Gasteiger partial charge on any atom is -0.367 e. The zero-order chi connectivity index (χ0) is 19.8. The summed E-state index contributed by atoms with van der Waals surface area (Å²) in [4.78, 5) is 8.86. The lowest BCUT2D eigenvalue weighted by atomic mass is 10.2. The molecule has 0 amide bonds. The number of aryl methyl sites for hydroxylation is 1. The standard InChI is InChI=1S/C21H31FN6/c1-23-21(25-16-18-8-11-26(2)17-18)24-9-5-10-27-12-14-28(15-13-27)20-7-4-3-6-19(20)22/h3-4,6-8,11,17H,5,9-10,12-16H2,1-2H3,(H2,23,24,25). The highest BCUT2D eigenvalue weighted by atomic mass is 19.1. The summed E-state index contributed by atoms with van der Waals surface area (Å²) in [7, 11) is 3.81. The molecule has 3 rings (SSSR count). The molecule has 0 unspecified atom stereocenters. The zero-order valence-corrected chi connectivity index (χ0v) is 16.9. The predicted molar refractivity (Wildman–Crippen MR) is 113 cm³/mol. The Kier molecular flexibility index (Phi) is 7.31. The van der Waals surface area contributed by atoms with Crippen LogP contribution in [0.4, 0.5) is 10.1 Å². The number of guanidine groups is 1. The number of piperazine rings is 1. The normalized spacial score (nSPS) is 15.7. The number of hydrogen-bond acceptors (Lipinski definition) is 3. The van der Waals surface area contributed by atoms with Crippen molar-refractivity contribution in [2.24, 2.45) is 12.0 Å². The molecule has 1 aliphatic heterocycles. The highest BCUT2D eigenvalue weighted by molar-refractivity contribution is 5.79. The van der Waals surface area contributed by atoms with Gasteiger partial charge in [-0.05, 0) is 36.7 Å². The molecule has 2 aromatic rings. The van der Waals surface area contributed by atoms with Crippen LogP contribution < -0.4 is 15.5 Å². The molecule has 7 heteroatoms. The number of benzene rings is 1. The number of hydrogen-bond donors (Lipinski definition) is 2. The van der Waals surface area contributed by atoms with Gasteiger partial charge in [-0.1, -0.05) is 12.1 Å². The van der Waals surface area contributed by atoms with Crippen LogP contribution in [0.25, 0.3) is 0 Å². The highest BCUT2D eigenvalue weighted by Crippen LogP contribution is 2.20. The first-order chi connectivity index (χ1) is 13.7. The molecule has 28 heavy (non-hydrogen) atoms. The van der Waals surface area contributed by atoms with Crippen molar-refractivity contribution in [3.8, 4) is 0 Å². The summed E-state index contributed by atoms with van der Waals surface area (Å²) in [5, 5.41) is 6.71. The Hall–Kier alpha value is -2.54. The van der Waals surface area contributed by atoms with Gasteiger partial charge >= 0.3 is 0 Å². The number of aliphatic imine (C=N–C) groups is 1. The summed E-state index contributed by atoms with van der Waals surface area (Å²) in [6.45, 7) is 6.35. The Bertz CT molecular complexity index is 764. The van der Waals surface area contributed by atoms with Gasteiger partial charge in [0, 0.05) is 65.8 Å². The molecule has 0 spiro atoms. The second kappa shape index (κ2) is 10.1. The molecule has 0 radical (unpaired) electrons. The molecule has 0 bridgehead atoms. The maximum absolute atomic E-state index is 13.9. The first kappa shape index (κ1) is 20.2. The second-order valence-electron chi connectivity index (χ2n) is 7.17. The topological polar surface area (TPSA) is 47.8 Å². The van der Waals surface area contributed by atoms with Crippen molar-refractivity contribution in [1.82, 2.24) is 20.1 Å². The van der Waals surface area contributed by atoms with Crippen LogP contribution in [0.5, 0.6) is 0 Å². The third-order valence-electron chi connectivity index (χ3n) is 5.09. The Labute approximate surface area is 167 Å². The van der Waals surface area contributed by atoms with Crippen LogP contribution >= 0.6 is 0 Å². The van der Waals surface area contributed by atoms with Crippen molar-refractivity contribution >= 4 is 11.6 Å². The maximum Gasteiger partial charge on any atom is 0.191 e. The van der Waals surface area contributed by atoms with Gasteiger partial charge in [-0.15, -0.1) is 0 Å². The maximum atomic E-state index is 13.9. The van der Waals surface area contributed by atoms with E-state index in [1.165, 1.54) is 11.6 Å². The van der Waals surface area contributed by atoms with Gasteiger partial charge in [0.05, 0.1) is 5.69 Å². The van der Waals surface area contributed by atoms with Crippen LogP contribution in [0, 0.1) is 5.82 Å². The van der Waals surface area contributed by atoms with Gasteiger partial charge in [-0.25, -0.2) is 4.39 Å². The molecule has 0 atom stereocenters. The van der Waals surface area contributed by atoms with Crippen molar-refractivity contribution in [2.75, 3.05) is 51.2 Å². The third kappa shape index (κ3) is 5.73. The number of para-hydroxylation sites is 1. The number of nitrogens with zero attached hydrogens (tertiary/aromatic N) is 4. The summed E-state index contributed by atoms with van der Waals surface area (Å²) in [5.41, 5.74) is 1.95. The molecule has 1 aromatic heterocycles. The van der Waals surface area contributed by atoms with Gasteiger partial charge in [-0.2, -0.15) is 0 Å². The quantitative estimate of drug-likeness (QED) is 0.434. The Morgan fingerprint density at radius 2 is 1.89 bits per heavy atom. The summed E-state index contributed by atoms with van der Waals surface area (Å²) >= 11 is 0. The smallest absolute Gasteiger partial charge is 0.191 e. The lowest BCUT2D eigenvalue weighted by molar-refractivity contribution is 0.254. The number of nitrogens with one attached hydrogen (secondary N) is 2. The fourth-order valence-electron chi connectivity index (χ4n) is 3.50. The molecular formula is C21H31FN6. The first-order valence-corrected chi connectivity index (χ1v) is 9.93. The van der Waals surface area contributed by atoms with E-state index in [2.05, 4.69) is 37.7 Å². The van der Waals surface area contributed by atoms with Crippen LogP contribution in [0.3, 0.4) is 0 Å². The molecule has 1 fully saturated rings. The molecule has 0 aliphatic carbocycles. The fraction of sp³-hybridized carbons (Fsp3) is 0.476. The monoisotopic (exact) mass is 386 g/mol. The summed E-state index contributed by atoms with van der Waals surface area (Å²) < 4.78 is 16.0.